The van der Waals surface area contributed by atoms with Crippen LogP contribution in [0.2, 0.25) is 0 Å². The highest BCUT2D eigenvalue weighted by Gasteiger charge is 2.22. The van der Waals surface area contributed by atoms with Crippen molar-refractivity contribution in [1.82, 2.24) is 0 Å². The molecule has 0 aliphatic carbocycles. The van der Waals surface area contributed by atoms with Crippen LogP contribution in [0, 0.1) is 0 Å². The molecular weight excluding hydrogens is 118 g/mol. The van der Waals surface area contributed by atoms with Crippen LogP contribution in [0.5, 0.6) is 0 Å². The maximum atomic E-state index is 11.8. The first-order chi connectivity index (χ1) is 3.12. The zero-order valence-corrected chi connectivity index (χ0v) is 5.19. The van der Waals surface area contributed by atoms with E-state index in [9.17, 15) is 8.78 Å². The van der Waals surface area contributed by atoms with Crippen LogP contribution in [0.25, 0.3) is 0 Å². The van der Waals surface area contributed by atoms with E-state index in [1.807, 2.05) is 0 Å². The average molecular weight is 126 g/mol. The third-order valence-corrected chi connectivity index (χ3v) is 1.60. The van der Waals surface area contributed by atoms with E-state index in [0.717, 1.165) is 0 Å². The van der Waals surface area contributed by atoms with Gasteiger partial charge in [0.1, 0.15) is 0 Å². The minimum Gasteiger partial charge on any atom is -0.194 e. The molecule has 0 aromatic rings. The van der Waals surface area contributed by atoms with Gasteiger partial charge < -0.3 is 0 Å². The largest absolute Gasteiger partial charge is 0.293 e. The molecule has 3 heteroatoms. The van der Waals surface area contributed by atoms with Crippen LogP contribution >= 0.6 is 11.8 Å². The summed E-state index contributed by atoms with van der Waals surface area (Å²) in [6.07, 6.45) is 1.33. The van der Waals surface area contributed by atoms with E-state index >= 15 is 0 Å². The van der Waals surface area contributed by atoms with Crippen LogP contribution in [0.15, 0.2) is 0 Å². The first kappa shape index (κ1) is 7.21. The second-order valence-electron chi connectivity index (χ2n) is 1.20. The third kappa shape index (κ3) is 2.85. The Labute approximate surface area is 46.3 Å². The topological polar surface area (TPSA) is 0 Å². The van der Waals surface area contributed by atoms with Gasteiger partial charge in [-0.1, -0.05) is 18.7 Å². The van der Waals surface area contributed by atoms with Crippen molar-refractivity contribution in [2.24, 2.45) is 0 Å². The normalized spacial score (nSPS) is 12.0. The summed E-state index contributed by atoms with van der Waals surface area (Å²) in [6.45, 7) is 1.47. The van der Waals surface area contributed by atoms with Crippen molar-refractivity contribution in [3.63, 3.8) is 0 Å². The molecule has 0 atom stereocenters. The van der Waals surface area contributed by atoms with Crippen LogP contribution in [0.1, 0.15) is 13.3 Å². The fourth-order valence-corrected chi connectivity index (χ4v) is 0.433. The summed E-state index contributed by atoms with van der Waals surface area (Å²) >= 11 is 0.594. The molecule has 0 amide bonds. The van der Waals surface area contributed by atoms with Crippen molar-refractivity contribution in [3.8, 4) is 0 Å². The molecule has 44 valence electrons. The van der Waals surface area contributed by atoms with Gasteiger partial charge in [0.05, 0.1) is 0 Å². The molecule has 0 unspecified atom stereocenters. The second kappa shape index (κ2) is 2.50. The van der Waals surface area contributed by atoms with Gasteiger partial charge >= 0.3 is 0 Å². The highest BCUT2D eigenvalue weighted by atomic mass is 32.2. The number of hydrogen-bond donors (Lipinski definition) is 0. The van der Waals surface area contributed by atoms with Crippen LogP contribution in [-0.2, 0) is 0 Å². The fourth-order valence-electron chi connectivity index (χ4n) is 0.144. The monoisotopic (exact) mass is 126 g/mol. The van der Waals surface area contributed by atoms with Crippen molar-refractivity contribution < 1.29 is 8.78 Å². The Morgan fingerprint density at radius 2 is 2.00 bits per heavy atom. The van der Waals surface area contributed by atoms with Crippen LogP contribution < -0.4 is 0 Å². The van der Waals surface area contributed by atoms with Gasteiger partial charge in [-0.3, -0.25) is 0 Å². The molecule has 7 heavy (non-hydrogen) atoms. The molecule has 0 aliphatic heterocycles. The van der Waals surface area contributed by atoms with Crippen molar-refractivity contribution in [2.45, 2.75) is 18.6 Å². The fraction of sp³-hybridized carbons (Fsp3) is 1.00. The lowest BCUT2D eigenvalue weighted by molar-refractivity contribution is 0.102. The molecule has 0 heterocycles. The van der Waals surface area contributed by atoms with Gasteiger partial charge in [-0.05, 0) is 6.26 Å². The zero-order chi connectivity index (χ0) is 5.91. The Morgan fingerprint density at radius 3 is 2.00 bits per heavy atom. The predicted octanol–water partition coefficient (Wildman–Crippen LogP) is 2.35. The van der Waals surface area contributed by atoms with Crippen molar-refractivity contribution in [3.05, 3.63) is 0 Å². The SMILES string of the molecule is CCC(F)(F)SC. The lowest BCUT2D eigenvalue weighted by Crippen LogP contribution is -2.05. The summed E-state index contributed by atoms with van der Waals surface area (Å²) in [5.74, 6) is 0. The lowest BCUT2D eigenvalue weighted by Gasteiger charge is -2.07. The van der Waals surface area contributed by atoms with Crippen molar-refractivity contribution in [2.75, 3.05) is 6.26 Å². The van der Waals surface area contributed by atoms with E-state index in [4.69, 9.17) is 0 Å². The lowest BCUT2D eigenvalue weighted by atomic mass is 10.5. The summed E-state index contributed by atoms with van der Waals surface area (Å²) in [4.78, 5) is 0. The molecule has 0 aromatic carbocycles. The molecule has 0 radical (unpaired) electrons. The highest BCUT2D eigenvalue weighted by Crippen LogP contribution is 2.28. The van der Waals surface area contributed by atoms with Gasteiger partial charge in [0.2, 0.25) is 0 Å². The molecule has 0 nitrogen and oxygen atoms in total. The summed E-state index contributed by atoms with van der Waals surface area (Å²) in [5, 5.41) is -2.50. The molecular formula is C4H8F2S. The Hall–Kier alpha value is 0.210. The molecule has 0 spiro atoms. The average Bonchev–Trinajstić information content (AvgIpc) is 1.68. The van der Waals surface area contributed by atoms with E-state index in [0.29, 0.717) is 11.8 Å². The summed E-state index contributed by atoms with van der Waals surface area (Å²) in [5.41, 5.74) is 0. The molecule has 0 aromatic heterocycles. The summed E-state index contributed by atoms with van der Waals surface area (Å²) in [7, 11) is 0. The smallest absolute Gasteiger partial charge is 0.194 e. The maximum absolute atomic E-state index is 11.8. The quantitative estimate of drug-likeness (QED) is 0.547. The minimum atomic E-state index is -2.50. The number of rotatable bonds is 2. The zero-order valence-electron chi connectivity index (χ0n) is 4.37. The van der Waals surface area contributed by atoms with E-state index in [-0.39, 0.29) is 6.42 Å². The number of halogens is 2. The van der Waals surface area contributed by atoms with Gasteiger partial charge in [0.25, 0.3) is 5.25 Å². The Morgan fingerprint density at radius 1 is 1.57 bits per heavy atom. The van der Waals surface area contributed by atoms with Crippen molar-refractivity contribution in [1.29, 1.82) is 0 Å². The van der Waals surface area contributed by atoms with E-state index in [1.165, 1.54) is 13.2 Å². The van der Waals surface area contributed by atoms with Gasteiger partial charge in [0.15, 0.2) is 0 Å². The Balaban J connectivity index is 3.36. The van der Waals surface area contributed by atoms with E-state index < -0.39 is 5.25 Å². The number of hydrogen-bond acceptors (Lipinski definition) is 1. The number of alkyl halides is 2. The van der Waals surface area contributed by atoms with Crippen molar-refractivity contribution >= 4 is 11.8 Å². The second-order valence-corrected chi connectivity index (χ2v) is 2.20. The molecule has 0 fully saturated rings. The molecule has 0 N–H and O–H groups in total. The molecule has 0 saturated carbocycles. The summed E-state index contributed by atoms with van der Waals surface area (Å²) in [6, 6.07) is 0. The van der Waals surface area contributed by atoms with Crippen LogP contribution in [0.3, 0.4) is 0 Å². The highest BCUT2D eigenvalue weighted by molar-refractivity contribution is 7.99. The minimum absolute atomic E-state index is 0.0752. The van der Waals surface area contributed by atoms with Gasteiger partial charge in [0, 0.05) is 6.42 Å². The van der Waals surface area contributed by atoms with Crippen LogP contribution in [-0.4, -0.2) is 11.5 Å². The molecule has 0 aliphatic rings. The molecule has 0 bridgehead atoms. The van der Waals surface area contributed by atoms with E-state index in [2.05, 4.69) is 0 Å². The predicted molar refractivity (Wildman–Crippen MR) is 28.8 cm³/mol. The summed E-state index contributed by atoms with van der Waals surface area (Å²) < 4.78 is 23.7. The van der Waals surface area contributed by atoms with Gasteiger partial charge in [-0.25, -0.2) is 0 Å². The van der Waals surface area contributed by atoms with Crippen LogP contribution in [0.4, 0.5) is 8.78 Å². The first-order valence-corrected chi connectivity index (χ1v) is 3.28. The third-order valence-electron chi connectivity index (χ3n) is 0.710. The molecule has 0 rings (SSSR count). The van der Waals surface area contributed by atoms with Gasteiger partial charge in [-0.2, -0.15) is 8.78 Å². The Bertz CT molecular complexity index is 47.7. The number of thioether (sulfide) groups is 1. The molecule has 0 saturated heterocycles. The first-order valence-electron chi connectivity index (χ1n) is 2.05. The maximum Gasteiger partial charge on any atom is 0.293 e. The van der Waals surface area contributed by atoms with Gasteiger partial charge in [-0.15, -0.1) is 0 Å². The standard InChI is InChI=1S/C4H8F2S/c1-3-4(5,6)7-2/h3H2,1-2H3. The van der Waals surface area contributed by atoms with E-state index in [1.54, 1.807) is 0 Å². The Kier molecular flexibility index (Phi) is 2.58.